The lowest BCUT2D eigenvalue weighted by Crippen LogP contribution is -2.25. The van der Waals surface area contributed by atoms with Gasteiger partial charge in [-0.3, -0.25) is 9.59 Å². The van der Waals surface area contributed by atoms with Crippen molar-refractivity contribution in [3.63, 3.8) is 0 Å². The van der Waals surface area contributed by atoms with E-state index in [0.29, 0.717) is 17.1 Å². The summed E-state index contributed by atoms with van der Waals surface area (Å²) in [7, 11) is 0. The average Bonchev–Trinajstić information content (AvgIpc) is 2.50. The molecule has 1 rings (SSSR count). The van der Waals surface area contributed by atoms with Crippen LogP contribution in [0.1, 0.15) is 26.5 Å². The Kier molecular flexibility index (Phi) is 4.00. The smallest absolute Gasteiger partial charge is 0.312 e. The average molecular weight is 242 g/mol. The molecule has 1 amide bonds. The number of anilines is 1. The fourth-order valence-electron chi connectivity index (χ4n) is 1.08. The van der Waals surface area contributed by atoms with Crippen LogP contribution >= 0.6 is 11.3 Å². The normalized spacial score (nSPS) is 10.9. The van der Waals surface area contributed by atoms with Gasteiger partial charge in [-0.05, 0) is 20.8 Å². The van der Waals surface area contributed by atoms with Gasteiger partial charge >= 0.3 is 5.97 Å². The molecule has 0 atom stereocenters. The van der Waals surface area contributed by atoms with E-state index in [9.17, 15) is 9.59 Å². The van der Waals surface area contributed by atoms with E-state index in [2.05, 4.69) is 10.3 Å². The Bertz CT molecular complexity index is 382. The second-order valence-electron chi connectivity index (χ2n) is 4.15. The molecule has 1 N–H and O–H groups in total. The zero-order valence-corrected chi connectivity index (χ0v) is 10.3. The third kappa shape index (κ3) is 3.98. The van der Waals surface area contributed by atoms with E-state index in [1.807, 2.05) is 0 Å². The van der Waals surface area contributed by atoms with Crippen LogP contribution in [-0.2, 0) is 20.7 Å². The van der Waals surface area contributed by atoms with E-state index in [4.69, 9.17) is 4.74 Å². The maximum Gasteiger partial charge on any atom is 0.312 e. The topological polar surface area (TPSA) is 68.3 Å². The van der Waals surface area contributed by atoms with Crippen LogP contribution < -0.4 is 5.32 Å². The van der Waals surface area contributed by atoms with Crippen molar-refractivity contribution >= 4 is 28.7 Å². The van der Waals surface area contributed by atoms with E-state index >= 15 is 0 Å². The fraction of sp³-hybridized carbons (Fsp3) is 0.500. The standard InChI is InChI=1S/C10H14N2O3S/c1-10(2,3)15-8(14)4-7-9(11-5-13)16-6-12-7/h5-6H,4H2,1-3H3,(H,11,13). The first kappa shape index (κ1) is 12.6. The number of thiazole rings is 1. The van der Waals surface area contributed by atoms with Crippen LogP contribution in [0.25, 0.3) is 0 Å². The van der Waals surface area contributed by atoms with Crippen LogP contribution in [0.15, 0.2) is 5.51 Å². The van der Waals surface area contributed by atoms with Crippen LogP contribution in [0, 0.1) is 0 Å². The van der Waals surface area contributed by atoms with Crippen molar-refractivity contribution in [2.45, 2.75) is 32.8 Å². The van der Waals surface area contributed by atoms with Crippen LogP contribution in [-0.4, -0.2) is 23.0 Å². The summed E-state index contributed by atoms with van der Waals surface area (Å²) >= 11 is 1.27. The second-order valence-corrected chi connectivity index (χ2v) is 5.01. The van der Waals surface area contributed by atoms with Crippen molar-refractivity contribution in [1.82, 2.24) is 4.98 Å². The van der Waals surface area contributed by atoms with E-state index < -0.39 is 5.60 Å². The third-order valence-corrected chi connectivity index (χ3v) is 2.36. The van der Waals surface area contributed by atoms with Gasteiger partial charge in [-0.1, -0.05) is 0 Å². The zero-order valence-electron chi connectivity index (χ0n) is 9.44. The number of nitrogens with zero attached hydrogens (tertiary/aromatic N) is 1. The van der Waals surface area contributed by atoms with Gasteiger partial charge in [0.05, 0.1) is 17.6 Å². The largest absolute Gasteiger partial charge is 0.460 e. The molecule has 0 aromatic carbocycles. The fourth-order valence-corrected chi connectivity index (χ4v) is 1.74. The molecule has 0 radical (unpaired) electrons. The summed E-state index contributed by atoms with van der Waals surface area (Å²) in [5.41, 5.74) is 1.60. The summed E-state index contributed by atoms with van der Waals surface area (Å²) < 4.78 is 5.15. The molecule has 0 aliphatic heterocycles. The first-order valence-corrected chi connectivity index (χ1v) is 5.65. The SMILES string of the molecule is CC(C)(C)OC(=O)Cc1ncsc1NC=O. The van der Waals surface area contributed by atoms with Crippen molar-refractivity contribution in [3.05, 3.63) is 11.2 Å². The van der Waals surface area contributed by atoms with E-state index in [1.54, 1.807) is 26.3 Å². The van der Waals surface area contributed by atoms with Gasteiger partial charge in [0.2, 0.25) is 6.41 Å². The number of nitrogens with one attached hydrogen (secondary N) is 1. The molecule has 0 spiro atoms. The highest BCUT2D eigenvalue weighted by Crippen LogP contribution is 2.20. The minimum absolute atomic E-state index is 0.0664. The highest BCUT2D eigenvalue weighted by Gasteiger charge is 2.18. The molecular weight excluding hydrogens is 228 g/mol. The molecule has 88 valence electrons. The molecule has 0 unspecified atom stereocenters. The Labute approximate surface area is 97.8 Å². The highest BCUT2D eigenvalue weighted by atomic mass is 32.1. The molecule has 1 aromatic rings. The lowest BCUT2D eigenvalue weighted by molar-refractivity contribution is -0.154. The summed E-state index contributed by atoms with van der Waals surface area (Å²) in [5.74, 6) is -0.354. The molecule has 1 aromatic heterocycles. The molecule has 0 bridgehead atoms. The number of hydrogen-bond acceptors (Lipinski definition) is 5. The van der Waals surface area contributed by atoms with Gasteiger partial charge < -0.3 is 10.1 Å². The molecule has 1 heterocycles. The molecule has 0 saturated carbocycles. The molecule has 0 saturated heterocycles. The predicted molar refractivity (Wildman–Crippen MR) is 61.3 cm³/mol. The quantitative estimate of drug-likeness (QED) is 0.643. The van der Waals surface area contributed by atoms with Crippen LogP contribution in [0.4, 0.5) is 5.00 Å². The Morgan fingerprint density at radius 2 is 2.31 bits per heavy atom. The number of esters is 1. The molecule has 6 heteroatoms. The van der Waals surface area contributed by atoms with E-state index in [-0.39, 0.29) is 12.4 Å². The highest BCUT2D eigenvalue weighted by molar-refractivity contribution is 7.14. The molecule has 0 aliphatic carbocycles. The van der Waals surface area contributed by atoms with Crippen molar-refractivity contribution in [2.24, 2.45) is 0 Å². The van der Waals surface area contributed by atoms with Crippen molar-refractivity contribution < 1.29 is 14.3 Å². The second kappa shape index (κ2) is 5.07. The Hall–Kier alpha value is -1.43. The number of ether oxygens (including phenoxy) is 1. The molecule has 5 nitrogen and oxygen atoms in total. The monoisotopic (exact) mass is 242 g/mol. The minimum Gasteiger partial charge on any atom is -0.460 e. The van der Waals surface area contributed by atoms with Gasteiger partial charge in [0, 0.05) is 0 Å². The maximum absolute atomic E-state index is 11.5. The summed E-state index contributed by atoms with van der Waals surface area (Å²) in [5, 5.41) is 3.08. The van der Waals surface area contributed by atoms with Crippen LogP contribution in [0.3, 0.4) is 0 Å². The lowest BCUT2D eigenvalue weighted by atomic mass is 10.2. The zero-order chi connectivity index (χ0) is 12.2. The Morgan fingerprint density at radius 3 is 2.88 bits per heavy atom. The number of aromatic nitrogens is 1. The van der Waals surface area contributed by atoms with Gasteiger partial charge in [-0.25, -0.2) is 4.98 Å². The van der Waals surface area contributed by atoms with Gasteiger partial charge in [0.1, 0.15) is 10.6 Å². The van der Waals surface area contributed by atoms with Crippen molar-refractivity contribution in [2.75, 3.05) is 5.32 Å². The summed E-state index contributed by atoms with van der Waals surface area (Å²) in [6.07, 6.45) is 0.628. The van der Waals surface area contributed by atoms with E-state index in [0.717, 1.165) is 0 Å². The number of carbonyl (C=O) groups is 2. The minimum atomic E-state index is -0.509. The maximum atomic E-state index is 11.5. The van der Waals surface area contributed by atoms with Gasteiger partial charge in [-0.2, -0.15) is 0 Å². The number of rotatable bonds is 4. The Balaban J connectivity index is 2.62. The van der Waals surface area contributed by atoms with Gasteiger partial charge in [0.15, 0.2) is 0 Å². The number of amides is 1. The predicted octanol–water partition coefficient (Wildman–Crippen LogP) is 1.60. The molecule has 0 aliphatic rings. The first-order chi connectivity index (χ1) is 7.42. The molecule has 0 fully saturated rings. The van der Waals surface area contributed by atoms with Crippen molar-refractivity contribution in [1.29, 1.82) is 0 Å². The Morgan fingerprint density at radius 1 is 1.62 bits per heavy atom. The molecular formula is C10H14N2O3S. The summed E-state index contributed by atoms with van der Waals surface area (Å²) in [6.45, 7) is 5.41. The third-order valence-electron chi connectivity index (χ3n) is 1.56. The number of carbonyl (C=O) groups excluding carboxylic acids is 2. The van der Waals surface area contributed by atoms with Crippen LogP contribution in [0.5, 0.6) is 0 Å². The summed E-state index contributed by atoms with van der Waals surface area (Å²) in [6, 6.07) is 0. The van der Waals surface area contributed by atoms with Crippen molar-refractivity contribution in [3.8, 4) is 0 Å². The molecule has 16 heavy (non-hydrogen) atoms. The van der Waals surface area contributed by atoms with Gasteiger partial charge in [-0.15, -0.1) is 11.3 Å². The number of hydrogen-bond donors (Lipinski definition) is 1. The summed E-state index contributed by atoms with van der Waals surface area (Å²) in [4.78, 5) is 25.8. The van der Waals surface area contributed by atoms with Crippen LogP contribution in [0.2, 0.25) is 0 Å². The lowest BCUT2D eigenvalue weighted by Gasteiger charge is -2.19. The first-order valence-electron chi connectivity index (χ1n) is 4.77. The van der Waals surface area contributed by atoms with Gasteiger partial charge in [0.25, 0.3) is 0 Å². The van der Waals surface area contributed by atoms with E-state index in [1.165, 1.54) is 11.3 Å².